The molecule has 1 aliphatic heterocycles. The van der Waals surface area contributed by atoms with E-state index in [9.17, 15) is 4.79 Å². The highest BCUT2D eigenvalue weighted by Crippen LogP contribution is 2.23. The summed E-state index contributed by atoms with van der Waals surface area (Å²) in [5.74, 6) is 0.0158. The van der Waals surface area contributed by atoms with Crippen molar-refractivity contribution >= 4 is 5.91 Å². The van der Waals surface area contributed by atoms with Crippen LogP contribution in [0.3, 0.4) is 0 Å². The van der Waals surface area contributed by atoms with Crippen LogP contribution in [-0.2, 0) is 4.79 Å². The van der Waals surface area contributed by atoms with Gasteiger partial charge in [0.05, 0.1) is 18.7 Å². The SMILES string of the molecule is CCCCC[C@H](C#N)N1C(=O)CCC1CO. The molecular weight excluding hydrogens is 204 g/mol. The van der Waals surface area contributed by atoms with Gasteiger partial charge in [0, 0.05) is 6.42 Å². The molecule has 0 radical (unpaired) electrons. The molecule has 1 aliphatic rings. The minimum Gasteiger partial charge on any atom is -0.394 e. The summed E-state index contributed by atoms with van der Waals surface area (Å²) in [7, 11) is 0. The monoisotopic (exact) mass is 224 g/mol. The maximum absolute atomic E-state index is 11.6. The first kappa shape index (κ1) is 13.0. The Kier molecular flexibility index (Phi) is 5.27. The van der Waals surface area contributed by atoms with E-state index in [1.165, 1.54) is 0 Å². The van der Waals surface area contributed by atoms with Gasteiger partial charge >= 0.3 is 0 Å². The zero-order valence-corrected chi connectivity index (χ0v) is 9.85. The third-order valence-corrected chi connectivity index (χ3v) is 3.15. The van der Waals surface area contributed by atoms with Gasteiger partial charge in [-0.25, -0.2) is 0 Å². The highest BCUT2D eigenvalue weighted by Gasteiger charge is 2.35. The van der Waals surface area contributed by atoms with Crippen molar-refractivity contribution in [2.24, 2.45) is 0 Å². The fraction of sp³-hybridized carbons (Fsp3) is 0.833. The summed E-state index contributed by atoms with van der Waals surface area (Å²) in [6.45, 7) is 2.08. The highest BCUT2D eigenvalue weighted by molar-refractivity contribution is 5.79. The zero-order chi connectivity index (χ0) is 12.0. The minimum absolute atomic E-state index is 0.0158. The lowest BCUT2D eigenvalue weighted by atomic mass is 10.1. The van der Waals surface area contributed by atoms with Crippen molar-refractivity contribution in [3.63, 3.8) is 0 Å². The molecule has 4 nitrogen and oxygen atoms in total. The molecule has 1 N–H and O–H groups in total. The number of amides is 1. The second-order valence-corrected chi connectivity index (χ2v) is 4.32. The van der Waals surface area contributed by atoms with Gasteiger partial charge in [0.15, 0.2) is 0 Å². The van der Waals surface area contributed by atoms with Crippen LogP contribution < -0.4 is 0 Å². The Morgan fingerprint density at radius 3 is 2.94 bits per heavy atom. The van der Waals surface area contributed by atoms with E-state index in [2.05, 4.69) is 13.0 Å². The predicted octanol–water partition coefficient (Wildman–Crippen LogP) is 1.44. The fourth-order valence-electron chi connectivity index (χ4n) is 2.22. The van der Waals surface area contributed by atoms with Gasteiger partial charge in [-0.15, -0.1) is 0 Å². The first-order valence-electron chi connectivity index (χ1n) is 6.06. The van der Waals surface area contributed by atoms with Crippen molar-refractivity contribution in [2.75, 3.05) is 6.61 Å². The summed E-state index contributed by atoms with van der Waals surface area (Å²) in [5, 5.41) is 18.3. The molecule has 0 aromatic heterocycles. The lowest BCUT2D eigenvalue weighted by Crippen LogP contribution is -2.42. The van der Waals surface area contributed by atoms with Crippen molar-refractivity contribution < 1.29 is 9.90 Å². The zero-order valence-electron chi connectivity index (χ0n) is 9.85. The number of carbonyl (C=O) groups is 1. The predicted molar refractivity (Wildman–Crippen MR) is 60.5 cm³/mol. The molecule has 16 heavy (non-hydrogen) atoms. The number of likely N-dealkylation sites (tertiary alicyclic amines) is 1. The van der Waals surface area contributed by atoms with Crippen LogP contribution in [0.4, 0.5) is 0 Å². The van der Waals surface area contributed by atoms with Crippen LogP contribution in [0.5, 0.6) is 0 Å². The largest absolute Gasteiger partial charge is 0.394 e. The van der Waals surface area contributed by atoms with Gasteiger partial charge in [-0.1, -0.05) is 26.2 Å². The third-order valence-electron chi connectivity index (χ3n) is 3.15. The molecule has 0 aromatic rings. The van der Waals surface area contributed by atoms with E-state index in [4.69, 9.17) is 10.4 Å². The van der Waals surface area contributed by atoms with Gasteiger partial charge < -0.3 is 10.0 Å². The molecule has 2 atom stereocenters. The lowest BCUT2D eigenvalue weighted by molar-refractivity contribution is -0.130. The lowest BCUT2D eigenvalue weighted by Gasteiger charge is -2.27. The number of unbranched alkanes of at least 4 members (excludes halogenated alkanes) is 2. The molecule has 0 bridgehead atoms. The van der Waals surface area contributed by atoms with Crippen LogP contribution in [0.2, 0.25) is 0 Å². The molecular formula is C12H20N2O2. The van der Waals surface area contributed by atoms with Crippen LogP contribution in [-0.4, -0.2) is 34.6 Å². The summed E-state index contributed by atoms with van der Waals surface area (Å²) < 4.78 is 0. The number of nitrogens with zero attached hydrogens (tertiary/aromatic N) is 2. The number of hydrogen-bond donors (Lipinski definition) is 1. The normalized spacial score (nSPS) is 22.2. The number of aliphatic hydroxyl groups excluding tert-OH is 1. The van der Waals surface area contributed by atoms with Gasteiger partial charge in [0.25, 0.3) is 0 Å². The quantitative estimate of drug-likeness (QED) is 0.694. The third kappa shape index (κ3) is 2.96. The molecule has 1 amide bonds. The Labute approximate surface area is 96.9 Å². The van der Waals surface area contributed by atoms with E-state index in [1.54, 1.807) is 4.90 Å². The molecule has 0 spiro atoms. The molecule has 4 heteroatoms. The number of rotatable bonds is 6. The van der Waals surface area contributed by atoms with Gasteiger partial charge in [-0.2, -0.15) is 5.26 Å². The average molecular weight is 224 g/mol. The van der Waals surface area contributed by atoms with Gasteiger partial charge in [-0.3, -0.25) is 4.79 Å². The Balaban J connectivity index is 2.56. The summed E-state index contributed by atoms with van der Waals surface area (Å²) >= 11 is 0. The van der Waals surface area contributed by atoms with Crippen molar-refractivity contribution in [3.05, 3.63) is 0 Å². The van der Waals surface area contributed by atoms with E-state index < -0.39 is 0 Å². The van der Waals surface area contributed by atoms with Crippen LogP contribution in [0, 0.1) is 11.3 Å². The molecule has 90 valence electrons. The standard InChI is InChI=1S/C12H20N2O2/c1-2-3-4-5-10(8-13)14-11(9-15)6-7-12(14)16/h10-11,15H,2-7,9H2,1H3/t10-,11?/m1/s1. The Morgan fingerprint density at radius 2 is 2.38 bits per heavy atom. The van der Waals surface area contributed by atoms with E-state index in [0.29, 0.717) is 12.8 Å². The molecule has 1 unspecified atom stereocenters. The van der Waals surface area contributed by atoms with E-state index >= 15 is 0 Å². The molecule has 1 fully saturated rings. The first-order valence-corrected chi connectivity index (χ1v) is 6.06. The second kappa shape index (κ2) is 6.49. The van der Waals surface area contributed by atoms with E-state index in [0.717, 1.165) is 25.7 Å². The maximum atomic E-state index is 11.6. The van der Waals surface area contributed by atoms with Crippen LogP contribution in [0.25, 0.3) is 0 Å². The molecule has 0 aromatic carbocycles. The Hall–Kier alpha value is -1.08. The van der Waals surface area contributed by atoms with Crippen LogP contribution >= 0.6 is 0 Å². The van der Waals surface area contributed by atoms with E-state index in [-0.39, 0.29) is 24.6 Å². The molecule has 1 heterocycles. The van der Waals surface area contributed by atoms with Crippen molar-refractivity contribution in [2.45, 2.75) is 57.5 Å². The smallest absolute Gasteiger partial charge is 0.224 e. The molecule has 1 rings (SSSR count). The fourth-order valence-corrected chi connectivity index (χ4v) is 2.22. The maximum Gasteiger partial charge on any atom is 0.224 e. The van der Waals surface area contributed by atoms with Gasteiger partial charge in [-0.05, 0) is 12.8 Å². The van der Waals surface area contributed by atoms with E-state index in [1.807, 2.05) is 0 Å². The summed E-state index contributed by atoms with van der Waals surface area (Å²) in [4.78, 5) is 13.2. The summed E-state index contributed by atoms with van der Waals surface area (Å²) in [6, 6.07) is 1.70. The minimum atomic E-state index is -0.348. The van der Waals surface area contributed by atoms with Crippen molar-refractivity contribution in [1.29, 1.82) is 5.26 Å². The van der Waals surface area contributed by atoms with Crippen molar-refractivity contribution in [3.8, 4) is 6.07 Å². The second-order valence-electron chi connectivity index (χ2n) is 4.32. The summed E-state index contributed by atoms with van der Waals surface area (Å²) in [6.07, 6.45) is 5.04. The number of aliphatic hydroxyl groups is 1. The van der Waals surface area contributed by atoms with Crippen LogP contribution in [0.15, 0.2) is 0 Å². The average Bonchev–Trinajstić information content (AvgIpc) is 2.66. The molecule has 0 saturated carbocycles. The topological polar surface area (TPSA) is 64.3 Å². The van der Waals surface area contributed by atoms with Crippen LogP contribution in [0.1, 0.15) is 45.4 Å². The Bertz CT molecular complexity index is 273. The summed E-state index contributed by atoms with van der Waals surface area (Å²) in [5.41, 5.74) is 0. The Morgan fingerprint density at radius 1 is 1.62 bits per heavy atom. The molecule has 0 aliphatic carbocycles. The van der Waals surface area contributed by atoms with Gasteiger partial charge in [0.2, 0.25) is 5.91 Å². The first-order chi connectivity index (χ1) is 7.74. The molecule has 1 saturated heterocycles. The van der Waals surface area contributed by atoms with Crippen molar-refractivity contribution in [1.82, 2.24) is 4.90 Å². The highest BCUT2D eigenvalue weighted by atomic mass is 16.3. The number of hydrogen-bond acceptors (Lipinski definition) is 3. The van der Waals surface area contributed by atoms with Gasteiger partial charge in [0.1, 0.15) is 6.04 Å². The number of nitriles is 1. The number of carbonyl (C=O) groups excluding carboxylic acids is 1.